The highest BCUT2D eigenvalue weighted by atomic mass is 16.5. The minimum Gasteiger partial charge on any atom is -0.484 e. The van der Waals surface area contributed by atoms with Crippen molar-refractivity contribution in [3.63, 3.8) is 0 Å². The fourth-order valence-corrected chi connectivity index (χ4v) is 3.86. The van der Waals surface area contributed by atoms with Gasteiger partial charge in [0.15, 0.2) is 12.4 Å². The smallest absolute Gasteiger partial charge is 0.326 e. The summed E-state index contributed by atoms with van der Waals surface area (Å²) >= 11 is 0. The van der Waals surface area contributed by atoms with Crippen molar-refractivity contribution in [3.8, 4) is 11.5 Å². The molecule has 35 heavy (non-hydrogen) atoms. The molecule has 1 aliphatic heterocycles. The summed E-state index contributed by atoms with van der Waals surface area (Å²) in [7, 11) is 0. The first-order chi connectivity index (χ1) is 17.0. The van der Waals surface area contributed by atoms with Crippen LogP contribution in [0.3, 0.4) is 0 Å². The van der Waals surface area contributed by atoms with Gasteiger partial charge in [-0.1, -0.05) is 18.2 Å². The molecule has 3 heterocycles. The molecule has 1 amide bonds. The van der Waals surface area contributed by atoms with Crippen molar-refractivity contribution >= 4 is 34.6 Å². The van der Waals surface area contributed by atoms with Gasteiger partial charge in [0.05, 0.1) is 11.8 Å². The Hall–Kier alpha value is -4.79. The van der Waals surface area contributed by atoms with E-state index >= 15 is 0 Å². The number of aliphatic carboxylic acids is 1. The van der Waals surface area contributed by atoms with Crippen molar-refractivity contribution in [2.45, 2.75) is 12.5 Å². The Bertz CT molecular complexity index is 1450. The van der Waals surface area contributed by atoms with E-state index in [9.17, 15) is 19.5 Å². The molecule has 4 aromatic rings. The third-order valence-corrected chi connectivity index (χ3v) is 5.56. The standard InChI is InChI=1S/C26H20N2O7/c29-24(28-21(26(31)32)10-15-13-27-20-6-2-1-5-18(15)20)14-34-17-7-8-19-22(11-17)35-23(25(19)30)12-16-4-3-9-33-16/h1-9,11-13,21,27H,10,14H2,(H,28,29)(H,31,32). The number of ether oxygens (including phenoxy) is 2. The average Bonchev–Trinajstić information content (AvgIpc) is 3.58. The third-order valence-electron chi connectivity index (χ3n) is 5.56. The van der Waals surface area contributed by atoms with Gasteiger partial charge in [0.2, 0.25) is 5.78 Å². The van der Waals surface area contributed by atoms with Crippen LogP contribution in [0.1, 0.15) is 21.7 Å². The largest absolute Gasteiger partial charge is 0.484 e. The molecule has 2 aromatic carbocycles. The lowest BCUT2D eigenvalue weighted by atomic mass is 10.1. The molecule has 176 valence electrons. The highest BCUT2D eigenvalue weighted by molar-refractivity contribution is 6.14. The van der Waals surface area contributed by atoms with Crippen LogP contribution in [0.25, 0.3) is 17.0 Å². The number of carbonyl (C=O) groups excluding carboxylic acids is 2. The minimum absolute atomic E-state index is 0.116. The molecule has 0 spiro atoms. The number of H-pyrrole nitrogens is 1. The van der Waals surface area contributed by atoms with Gasteiger partial charge in [-0.05, 0) is 35.9 Å². The zero-order valence-corrected chi connectivity index (χ0v) is 18.3. The number of nitrogens with one attached hydrogen (secondary N) is 2. The Kier molecular flexibility index (Phi) is 5.80. The Morgan fingerprint density at radius 1 is 1.14 bits per heavy atom. The summed E-state index contributed by atoms with van der Waals surface area (Å²) in [5.74, 6) is -0.830. The van der Waals surface area contributed by atoms with Crippen molar-refractivity contribution in [1.29, 1.82) is 0 Å². The van der Waals surface area contributed by atoms with E-state index in [0.29, 0.717) is 22.8 Å². The van der Waals surface area contributed by atoms with Gasteiger partial charge in [-0.2, -0.15) is 0 Å². The Morgan fingerprint density at radius 2 is 2.00 bits per heavy atom. The summed E-state index contributed by atoms with van der Waals surface area (Å²) in [5, 5.41) is 13.0. The quantitative estimate of drug-likeness (QED) is 0.334. The lowest BCUT2D eigenvalue weighted by Gasteiger charge is -2.15. The molecule has 1 unspecified atom stereocenters. The topological polar surface area (TPSA) is 131 Å². The number of hydrogen-bond acceptors (Lipinski definition) is 6. The van der Waals surface area contributed by atoms with Gasteiger partial charge < -0.3 is 29.3 Å². The van der Waals surface area contributed by atoms with Crippen LogP contribution in [-0.2, 0) is 16.0 Å². The van der Waals surface area contributed by atoms with E-state index in [4.69, 9.17) is 13.9 Å². The maximum atomic E-state index is 12.5. The molecule has 0 saturated heterocycles. The summed E-state index contributed by atoms with van der Waals surface area (Å²) < 4.78 is 16.3. The molecule has 5 rings (SSSR count). The van der Waals surface area contributed by atoms with Gasteiger partial charge in [-0.25, -0.2) is 4.79 Å². The first kappa shape index (κ1) is 22.0. The zero-order valence-electron chi connectivity index (χ0n) is 18.3. The number of furan rings is 1. The molecule has 1 atom stereocenters. The summed E-state index contributed by atoms with van der Waals surface area (Å²) in [6.45, 7) is -0.403. The monoisotopic (exact) mass is 472 g/mol. The van der Waals surface area contributed by atoms with Crippen LogP contribution in [0, 0.1) is 0 Å². The molecular formula is C26H20N2O7. The zero-order chi connectivity index (χ0) is 24.4. The van der Waals surface area contributed by atoms with Crippen molar-refractivity contribution in [2.75, 3.05) is 6.61 Å². The predicted molar refractivity (Wildman–Crippen MR) is 125 cm³/mol. The van der Waals surface area contributed by atoms with Gasteiger partial charge >= 0.3 is 5.97 Å². The number of benzene rings is 2. The number of carbonyl (C=O) groups is 3. The Balaban J connectivity index is 1.21. The fraction of sp³-hybridized carbons (Fsp3) is 0.115. The van der Waals surface area contributed by atoms with Crippen molar-refractivity contribution in [1.82, 2.24) is 10.3 Å². The normalized spacial score (nSPS) is 14.5. The van der Waals surface area contributed by atoms with E-state index in [1.165, 1.54) is 18.4 Å². The number of carboxylic acid groups (broad SMARTS) is 1. The van der Waals surface area contributed by atoms with Gasteiger partial charge in [-0.3, -0.25) is 9.59 Å². The lowest BCUT2D eigenvalue weighted by Crippen LogP contribution is -2.44. The van der Waals surface area contributed by atoms with Crippen LogP contribution in [-0.4, -0.2) is 40.4 Å². The number of amides is 1. The average molecular weight is 472 g/mol. The number of hydrogen-bond donors (Lipinski definition) is 3. The number of aromatic nitrogens is 1. The second-order valence-corrected chi connectivity index (χ2v) is 7.92. The Morgan fingerprint density at radius 3 is 2.80 bits per heavy atom. The number of aromatic amines is 1. The number of carboxylic acids is 1. The minimum atomic E-state index is -1.15. The molecule has 9 nitrogen and oxygen atoms in total. The Labute approximate surface area is 199 Å². The fourth-order valence-electron chi connectivity index (χ4n) is 3.86. The van der Waals surface area contributed by atoms with Crippen molar-refractivity contribution in [3.05, 3.63) is 89.7 Å². The molecule has 0 bridgehead atoms. The number of para-hydroxylation sites is 1. The maximum Gasteiger partial charge on any atom is 0.326 e. The molecule has 1 aliphatic rings. The molecule has 2 aromatic heterocycles. The summed E-state index contributed by atoms with van der Waals surface area (Å²) in [4.78, 5) is 39.8. The second-order valence-electron chi connectivity index (χ2n) is 7.92. The van der Waals surface area contributed by atoms with Crippen LogP contribution in [0.15, 0.2) is 77.2 Å². The first-order valence-corrected chi connectivity index (χ1v) is 10.8. The first-order valence-electron chi connectivity index (χ1n) is 10.8. The molecule has 0 fully saturated rings. The summed E-state index contributed by atoms with van der Waals surface area (Å²) in [6, 6.07) is 14.4. The number of rotatable bonds is 8. The molecule has 0 aliphatic carbocycles. The number of ketones is 1. The van der Waals surface area contributed by atoms with E-state index in [1.807, 2.05) is 24.3 Å². The summed E-state index contributed by atoms with van der Waals surface area (Å²) in [6.07, 6.45) is 4.84. The lowest BCUT2D eigenvalue weighted by molar-refractivity contribution is -0.142. The molecule has 9 heteroatoms. The van der Waals surface area contributed by atoms with Crippen LogP contribution in [0.5, 0.6) is 11.5 Å². The SMILES string of the molecule is O=C(COc1ccc2c(c1)OC(=Cc1ccco1)C2=O)NC(Cc1c[nH]c2ccccc12)C(=O)O. The van der Waals surface area contributed by atoms with E-state index in [1.54, 1.807) is 30.5 Å². The maximum absolute atomic E-state index is 12.5. The molecular weight excluding hydrogens is 452 g/mol. The van der Waals surface area contributed by atoms with Crippen LogP contribution in [0.2, 0.25) is 0 Å². The highest BCUT2D eigenvalue weighted by Crippen LogP contribution is 2.35. The third kappa shape index (κ3) is 4.65. The molecule has 0 radical (unpaired) electrons. The molecule has 3 N–H and O–H groups in total. The highest BCUT2D eigenvalue weighted by Gasteiger charge is 2.28. The van der Waals surface area contributed by atoms with Crippen molar-refractivity contribution < 1.29 is 33.4 Å². The summed E-state index contributed by atoms with van der Waals surface area (Å²) in [5.41, 5.74) is 2.04. The van der Waals surface area contributed by atoms with Gasteiger partial charge in [0.1, 0.15) is 23.3 Å². The van der Waals surface area contributed by atoms with Gasteiger partial charge in [0.25, 0.3) is 5.91 Å². The number of fused-ring (bicyclic) bond motifs is 2. The van der Waals surface area contributed by atoms with E-state index in [-0.39, 0.29) is 18.0 Å². The van der Waals surface area contributed by atoms with Crippen LogP contribution < -0.4 is 14.8 Å². The molecule has 0 saturated carbocycles. The predicted octanol–water partition coefficient (Wildman–Crippen LogP) is 3.57. The van der Waals surface area contributed by atoms with E-state index in [0.717, 1.165) is 16.5 Å². The van der Waals surface area contributed by atoms with Crippen LogP contribution in [0.4, 0.5) is 0 Å². The second kappa shape index (κ2) is 9.22. The van der Waals surface area contributed by atoms with E-state index < -0.39 is 24.5 Å². The van der Waals surface area contributed by atoms with Crippen molar-refractivity contribution in [2.24, 2.45) is 0 Å². The van der Waals surface area contributed by atoms with Gasteiger partial charge in [-0.15, -0.1) is 0 Å². The van der Waals surface area contributed by atoms with Gasteiger partial charge in [0, 0.05) is 35.7 Å². The van der Waals surface area contributed by atoms with Crippen LogP contribution >= 0.6 is 0 Å². The van der Waals surface area contributed by atoms with E-state index in [2.05, 4.69) is 10.3 Å². The number of Topliss-reactive ketones (excluding diaryl/α,β-unsaturated/α-hetero) is 1. The number of allylic oxidation sites excluding steroid dienone is 1.